The highest BCUT2D eigenvalue weighted by Gasteiger charge is 2.08. The van der Waals surface area contributed by atoms with Crippen molar-refractivity contribution >= 4 is 11.9 Å². The molecule has 12 heavy (non-hydrogen) atoms. The third-order valence-corrected chi connectivity index (χ3v) is 1.03. The number of hydrogen-bond acceptors (Lipinski definition) is 4. The molecular formula is C8H8N4. The fraction of sp³-hybridized carbons (Fsp3) is 0.250. The van der Waals surface area contributed by atoms with Crippen LogP contribution in [0.5, 0.6) is 0 Å². The van der Waals surface area contributed by atoms with Crippen LogP contribution in [0.15, 0.2) is 17.1 Å². The van der Waals surface area contributed by atoms with Gasteiger partial charge in [-0.2, -0.15) is 10.5 Å². The summed E-state index contributed by atoms with van der Waals surface area (Å²) in [6, 6.07) is 2.33. The van der Waals surface area contributed by atoms with E-state index in [1.165, 1.54) is 6.21 Å². The molecule has 60 valence electrons. The van der Waals surface area contributed by atoms with E-state index in [4.69, 9.17) is 15.9 Å². The van der Waals surface area contributed by atoms with Gasteiger partial charge in [0.15, 0.2) is 6.04 Å². The van der Waals surface area contributed by atoms with Crippen molar-refractivity contribution in [3.63, 3.8) is 0 Å². The molecule has 0 aromatic rings. The highest BCUT2D eigenvalue weighted by molar-refractivity contribution is 6.02. The second kappa shape index (κ2) is 5.82. The van der Waals surface area contributed by atoms with E-state index in [1.807, 2.05) is 6.92 Å². The molecule has 0 heterocycles. The Bertz CT molecular complexity index is 287. The van der Waals surface area contributed by atoms with Crippen molar-refractivity contribution in [2.24, 2.45) is 4.99 Å². The smallest absolute Gasteiger partial charge is 0.187 e. The van der Waals surface area contributed by atoms with Gasteiger partial charge in [0.05, 0.1) is 6.07 Å². The van der Waals surface area contributed by atoms with Crippen LogP contribution in [-0.2, 0) is 0 Å². The van der Waals surface area contributed by atoms with E-state index in [-0.39, 0.29) is 5.71 Å². The molecule has 1 unspecified atom stereocenters. The molecule has 0 spiro atoms. The Morgan fingerprint density at radius 2 is 2.25 bits per heavy atom. The Morgan fingerprint density at radius 3 is 2.67 bits per heavy atom. The van der Waals surface area contributed by atoms with Crippen molar-refractivity contribution in [2.45, 2.75) is 13.0 Å². The maximum absolute atomic E-state index is 8.45. The van der Waals surface area contributed by atoms with Crippen LogP contribution in [0, 0.1) is 28.1 Å². The minimum atomic E-state index is -0.966. The number of rotatable bonds is 3. The van der Waals surface area contributed by atoms with Gasteiger partial charge in [0.2, 0.25) is 0 Å². The second-order valence-electron chi connectivity index (χ2n) is 1.88. The number of hydrogen-bond donors (Lipinski definition) is 1. The molecule has 0 aromatic heterocycles. The fourth-order valence-corrected chi connectivity index (χ4v) is 0.455. The molecule has 0 aromatic carbocycles. The minimum Gasteiger partial charge on any atom is -0.291 e. The van der Waals surface area contributed by atoms with Crippen LogP contribution in [0.3, 0.4) is 0 Å². The first-order valence-electron chi connectivity index (χ1n) is 3.28. The third kappa shape index (κ3) is 3.28. The average Bonchev–Trinajstić information content (AvgIpc) is 2.11. The molecule has 0 fully saturated rings. The van der Waals surface area contributed by atoms with Gasteiger partial charge < -0.3 is 0 Å². The van der Waals surface area contributed by atoms with Crippen molar-refractivity contribution < 1.29 is 0 Å². The van der Waals surface area contributed by atoms with E-state index < -0.39 is 6.04 Å². The monoisotopic (exact) mass is 160 g/mol. The molecule has 1 N–H and O–H groups in total. The standard InChI is InChI=1S/C8H8N4/c1-2-3-4-12-8(6-10)7(11)5-9/h2-4,8,11H,1H3. The van der Waals surface area contributed by atoms with Gasteiger partial charge in [-0.15, -0.1) is 0 Å². The molecule has 0 aliphatic carbocycles. The molecule has 0 saturated carbocycles. The maximum Gasteiger partial charge on any atom is 0.187 e. The Kier molecular flexibility index (Phi) is 4.88. The zero-order chi connectivity index (χ0) is 9.40. The molecule has 0 bridgehead atoms. The first-order chi connectivity index (χ1) is 5.76. The van der Waals surface area contributed by atoms with E-state index in [0.29, 0.717) is 0 Å². The van der Waals surface area contributed by atoms with Crippen molar-refractivity contribution in [1.29, 1.82) is 15.9 Å². The highest BCUT2D eigenvalue weighted by atomic mass is 14.8. The molecule has 0 radical (unpaired) electrons. The Balaban J connectivity index is 4.33. The van der Waals surface area contributed by atoms with E-state index in [1.54, 1.807) is 24.3 Å². The summed E-state index contributed by atoms with van der Waals surface area (Å²) >= 11 is 0. The predicted octanol–water partition coefficient (Wildman–Crippen LogP) is 1.07. The lowest BCUT2D eigenvalue weighted by molar-refractivity contribution is 1.09. The third-order valence-electron chi connectivity index (χ3n) is 1.03. The normalized spacial score (nSPS) is 12.6. The molecule has 0 saturated heterocycles. The summed E-state index contributed by atoms with van der Waals surface area (Å²) < 4.78 is 0. The first kappa shape index (κ1) is 10.1. The largest absolute Gasteiger partial charge is 0.291 e. The fourth-order valence-electron chi connectivity index (χ4n) is 0.455. The van der Waals surface area contributed by atoms with Gasteiger partial charge in [0.25, 0.3) is 0 Å². The summed E-state index contributed by atoms with van der Waals surface area (Å²) in [5.41, 5.74) is -0.335. The zero-order valence-corrected chi connectivity index (χ0v) is 6.65. The average molecular weight is 160 g/mol. The minimum absolute atomic E-state index is 0.335. The summed E-state index contributed by atoms with van der Waals surface area (Å²) in [4.78, 5) is 3.68. The molecule has 4 heteroatoms. The topological polar surface area (TPSA) is 83.8 Å². The van der Waals surface area contributed by atoms with Gasteiger partial charge in [-0.3, -0.25) is 10.4 Å². The van der Waals surface area contributed by atoms with Gasteiger partial charge in [0.1, 0.15) is 11.8 Å². The quantitative estimate of drug-likeness (QED) is 0.626. The second-order valence-corrected chi connectivity index (χ2v) is 1.88. The number of nitrogens with zero attached hydrogens (tertiary/aromatic N) is 3. The van der Waals surface area contributed by atoms with E-state index in [0.717, 1.165) is 0 Å². The number of aliphatic imine (C=N–C) groups is 1. The lowest BCUT2D eigenvalue weighted by Gasteiger charge is -1.94. The van der Waals surface area contributed by atoms with Crippen LogP contribution in [0.4, 0.5) is 0 Å². The SMILES string of the molecule is CC=CC=NC(C#N)C(=N)C#N. The summed E-state index contributed by atoms with van der Waals surface area (Å²) in [5, 5.41) is 23.7. The van der Waals surface area contributed by atoms with E-state index in [2.05, 4.69) is 4.99 Å². The van der Waals surface area contributed by atoms with Crippen LogP contribution in [0.2, 0.25) is 0 Å². The van der Waals surface area contributed by atoms with Crippen molar-refractivity contribution in [3.05, 3.63) is 12.2 Å². The van der Waals surface area contributed by atoms with Gasteiger partial charge in [0, 0.05) is 6.21 Å². The first-order valence-corrected chi connectivity index (χ1v) is 3.28. The van der Waals surface area contributed by atoms with Crippen molar-refractivity contribution in [1.82, 2.24) is 0 Å². The van der Waals surface area contributed by atoms with Crippen LogP contribution in [0.1, 0.15) is 6.92 Å². The maximum atomic E-state index is 8.45. The molecule has 4 nitrogen and oxygen atoms in total. The lowest BCUT2D eigenvalue weighted by Crippen LogP contribution is -2.12. The molecule has 0 aliphatic heterocycles. The van der Waals surface area contributed by atoms with Crippen LogP contribution >= 0.6 is 0 Å². The number of nitrogens with one attached hydrogen (secondary N) is 1. The van der Waals surface area contributed by atoms with Crippen LogP contribution < -0.4 is 0 Å². The molecular weight excluding hydrogens is 152 g/mol. The van der Waals surface area contributed by atoms with Gasteiger partial charge >= 0.3 is 0 Å². The summed E-state index contributed by atoms with van der Waals surface area (Å²) in [6.07, 6.45) is 4.78. The van der Waals surface area contributed by atoms with Crippen LogP contribution in [-0.4, -0.2) is 18.0 Å². The molecule has 0 aliphatic rings. The number of allylic oxidation sites excluding steroid dienone is 2. The summed E-state index contributed by atoms with van der Waals surface area (Å²) in [5.74, 6) is 0. The Labute approximate surface area is 71.0 Å². The Hall–Kier alpha value is -1.94. The zero-order valence-electron chi connectivity index (χ0n) is 6.65. The van der Waals surface area contributed by atoms with Crippen LogP contribution in [0.25, 0.3) is 0 Å². The van der Waals surface area contributed by atoms with E-state index >= 15 is 0 Å². The lowest BCUT2D eigenvalue weighted by atomic mass is 10.2. The molecule has 0 amide bonds. The van der Waals surface area contributed by atoms with Gasteiger partial charge in [-0.25, -0.2) is 0 Å². The summed E-state index contributed by atoms with van der Waals surface area (Å²) in [6.45, 7) is 1.81. The van der Waals surface area contributed by atoms with Gasteiger partial charge in [-0.1, -0.05) is 6.08 Å². The number of nitriles is 2. The highest BCUT2D eigenvalue weighted by Crippen LogP contribution is 1.89. The van der Waals surface area contributed by atoms with E-state index in [9.17, 15) is 0 Å². The van der Waals surface area contributed by atoms with Gasteiger partial charge in [-0.05, 0) is 13.0 Å². The molecule has 0 rings (SSSR count). The van der Waals surface area contributed by atoms with Crippen molar-refractivity contribution in [3.8, 4) is 12.1 Å². The summed E-state index contributed by atoms with van der Waals surface area (Å²) in [7, 11) is 0. The predicted molar refractivity (Wildman–Crippen MR) is 46.0 cm³/mol. The molecule has 1 atom stereocenters. The Morgan fingerprint density at radius 1 is 1.58 bits per heavy atom. The van der Waals surface area contributed by atoms with Crippen molar-refractivity contribution in [2.75, 3.05) is 0 Å².